The van der Waals surface area contributed by atoms with Crippen LogP contribution in [-0.2, 0) is 4.79 Å². The lowest BCUT2D eigenvalue weighted by Gasteiger charge is -2.28. The molecule has 1 unspecified atom stereocenters. The van der Waals surface area contributed by atoms with Crippen molar-refractivity contribution < 1.29 is 24.2 Å². The zero-order valence-electron chi connectivity index (χ0n) is 15.0. The lowest BCUT2D eigenvalue weighted by molar-refractivity contribution is -0.142. The number of carbonyl (C=O) groups excluding carboxylic acids is 1. The molecule has 2 aliphatic rings. The van der Waals surface area contributed by atoms with E-state index in [4.69, 9.17) is 14.6 Å². The summed E-state index contributed by atoms with van der Waals surface area (Å²) in [6.07, 6.45) is 3.37. The molecule has 1 aliphatic carbocycles. The van der Waals surface area contributed by atoms with Crippen molar-refractivity contribution >= 4 is 12.0 Å². The number of hydrogen-bond acceptors (Lipinski definition) is 4. The van der Waals surface area contributed by atoms with Crippen LogP contribution in [0.2, 0.25) is 0 Å². The summed E-state index contributed by atoms with van der Waals surface area (Å²) in [6.45, 7) is 3.09. The summed E-state index contributed by atoms with van der Waals surface area (Å²) in [5.74, 6) is 0.422. The molecule has 7 nitrogen and oxygen atoms in total. The second-order valence-electron chi connectivity index (χ2n) is 6.87. The van der Waals surface area contributed by atoms with Crippen molar-refractivity contribution in [3.05, 3.63) is 23.8 Å². The fraction of sp³-hybridized carbons (Fsp3) is 0.579. The number of rotatable bonds is 5. The normalized spacial score (nSPS) is 23.0. The molecule has 3 N–H and O–H groups in total. The van der Waals surface area contributed by atoms with Crippen LogP contribution in [0.1, 0.15) is 50.6 Å². The van der Waals surface area contributed by atoms with Crippen LogP contribution < -0.4 is 20.1 Å². The molecule has 0 spiro atoms. The summed E-state index contributed by atoms with van der Waals surface area (Å²) in [5.41, 5.74) is 0.974. The first-order valence-corrected chi connectivity index (χ1v) is 9.26. The summed E-state index contributed by atoms with van der Waals surface area (Å²) in [5, 5.41) is 15.0. The molecule has 1 fully saturated rings. The third-order valence-corrected chi connectivity index (χ3v) is 5.09. The molecule has 0 bridgehead atoms. The van der Waals surface area contributed by atoms with E-state index in [-0.39, 0.29) is 24.0 Å². The third-order valence-electron chi connectivity index (χ3n) is 5.09. The van der Waals surface area contributed by atoms with E-state index in [0.717, 1.165) is 17.7 Å². The van der Waals surface area contributed by atoms with Crippen molar-refractivity contribution in [2.24, 2.45) is 5.92 Å². The van der Waals surface area contributed by atoms with Gasteiger partial charge in [-0.25, -0.2) is 4.79 Å². The van der Waals surface area contributed by atoms with Crippen molar-refractivity contribution in [1.29, 1.82) is 0 Å². The number of benzene rings is 1. The van der Waals surface area contributed by atoms with Crippen LogP contribution in [0.15, 0.2) is 18.2 Å². The zero-order valence-corrected chi connectivity index (χ0v) is 15.0. The van der Waals surface area contributed by atoms with Crippen LogP contribution >= 0.6 is 0 Å². The number of nitrogens with one attached hydrogen (secondary N) is 2. The van der Waals surface area contributed by atoms with Crippen LogP contribution in [0.4, 0.5) is 4.79 Å². The van der Waals surface area contributed by atoms with E-state index in [1.807, 2.05) is 25.1 Å². The summed E-state index contributed by atoms with van der Waals surface area (Å²) in [7, 11) is 0. The van der Waals surface area contributed by atoms with Crippen LogP contribution in [0.3, 0.4) is 0 Å². The fourth-order valence-electron chi connectivity index (χ4n) is 3.57. The Morgan fingerprint density at radius 1 is 1.15 bits per heavy atom. The molecule has 1 aliphatic heterocycles. The summed E-state index contributed by atoms with van der Waals surface area (Å²) < 4.78 is 11.1. The average Bonchev–Trinajstić information content (AvgIpc) is 2.66. The number of ether oxygens (including phenoxy) is 2. The number of carboxylic acid groups (broad SMARTS) is 1. The number of amides is 2. The van der Waals surface area contributed by atoms with E-state index in [9.17, 15) is 9.59 Å². The summed E-state index contributed by atoms with van der Waals surface area (Å²) in [4.78, 5) is 23.4. The maximum atomic E-state index is 12.4. The minimum absolute atomic E-state index is 0.0309. The Morgan fingerprint density at radius 3 is 2.50 bits per heavy atom. The van der Waals surface area contributed by atoms with Crippen molar-refractivity contribution in [3.8, 4) is 11.5 Å². The molecule has 1 aromatic carbocycles. The molecule has 0 saturated heterocycles. The van der Waals surface area contributed by atoms with Gasteiger partial charge in [0.1, 0.15) is 13.2 Å². The van der Waals surface area contributed by atoms with Gasteiger partial charge in [-0.15, -0.1) is 0 Å². The van der Waals surface area contributed by atoms with Gasteiger partial charge in [0.2, 0.25) is 0 Å². The molecular weight excluding hydrogens is 336 g/mol. The summed E-state index contributed by atoms with van der Waals surface area (Å²) >= 11 is 0. The Bertz CT molecular complexity index is 655. The van der Waals surface area contributed by atoms with Gasteiger partial charge in [-0.1, -0.05) is 13.0 Å². The third kappa shape index (κ3) is 4.39. The molecule has 1 saturated carbocycles. The molecule has 1 atom stereocenters. The summed E-state index contributed by atoms with van der Waals surface area (Å²) in [6, 6.07) is 5.43. The Labute approximate surface area is 153 Å². The van der Waals surface area contributed by atoms with Crippen molar-refractivity contribution in [1.82, 2.24) is 10.6 Å². The van der Waals surface area contributed by atoms with E-state index < -0.39 is 5.97 Å². The van der Waals surface area contributed by atoms with Crippen molar-refractivity contribution in [3.63, 3.8) is 0 Å². The van der Waals surface area contributed by atoms with E-state index in [2.05, 4.69) is 10.6 Å². The Kier molecular flexibility index (Phi) is 5.85. The minimum Gasteiger partial charge on any atom is -0.486 e. The van der Waals surface area contributed by atoms with Gasteiger partial charge in [0.15, 0.2) is 11.5 Å². The van der Waals surface area contributed by atoms with Gasteiger partial charge in [-0.05, 0) is 49.8 Å². The Morgan fingerprint density at radius 2 is 1.85 bits per heavy atom. The lowest BCUT2D eigenvalue weighted by Crippen LogP contribution is -2.45. The van der Waals surface area contributed by atoms with Gasteiger partial charge >= 0.3 is 12.0 Å². The molecule has 3 rings (SSSR count). The number of carboxylic acids is 1. The molecule has 0 radical (unpaired) electrons. The van der Waals surface area contributed by atoms with E-state index in [0.29, 0.717) is 44.6 Å². The van der Waals surface area contributed by atoms with E-state index >= 15 is 0 Å². The minimum atomic E-state index is -0.738. The highest BCUT2D eigenvalue weighted by atomic mass is 16.6. The van der Waals surface area contributed by atoms with Gasteiger partial charge in [-0.3, -0.25) is 4.79 Å². The topological polar surface area (TPSA) is 96.9 Å². The molecule has 7 heteroatoms. The quantitative estimate of drug-likeness (QED) is 0.748. The van der Waals surface area contributed by atoms with E-state index in [1.54, 1.807) is 0 Å². The average molecular weight is 362 g/mol. The van der Waals surface area contributed by atoms with Crippen LogP contribution in [0.5, 0.6) is 11.5 Å². The molecule has 1 heterocycles. The highest BCUT2D eigenvalue weighted by Crippen LogP contribution is 2.33. The van der Waals surface area contributed by atoms with Gasteiger partial charge in [0, 0.05) is 6.04 Å². The molecular formula is C19H26N2O5. The molecule has 1 aromatic rings. The SMILES string of the molecule is CCC(NC(=O)NC1CCC(C(=O)O)CC1)c1ccc2c(c1)OCCO2. The predicted octanol–water partition coefficient (Wildman–Crippen LogP) is 2.85. The molecule has 2 amide bonds. The predicted molar refractivity (Wildman–Crippen MR) is 95.5 cm³/mol. The maximum Gasteiger partial charge on any atom is 0.315 e. The van der Waals surface area contributed by atoms with Crippen molar-refractivity contribution in [2.75, 3.05) is 13.2 Å². The molecule has 26 heavy (non-hydrogen) atoms. The Hall–Kier alpha value is -2.44. The van der Waals surface area contributed by atoms with Gasteiger partial charge < -0.3 is 25.2 Å². The highest BCUT2D eigenvalue weighted by Gasteiger charge is 2.27. The second kappa shape index (κ2) is 8.29. The monoisotopic (exact) mass is 362 g/mol. The molecule has 142 valence electrons. The number of carbonyl (C=O) groups is 2. The largest absolute Gasteiger partial charge is 0.486 e. The zero-order chi connectivity index (χ0) is 18.5. The lowest BCUT2D eigenvalue weighted by atomic mass is 9.86. The second-order valence-corrected chi connectivity index (χ2v) is 6.87. The number of fused-ring (bicyclic) bond motifs is 1. The van der Waals surface area contributed by atoms with Crippen LogP contribution in [-0.4, -0.2) is 36.4 Å². The van der Waals surface area contributed by atoms with Crippen LogP contribution in [0.25, 0.3) is 0 Å². The van der Waals surface area contributed by atoms with E-state index in [1.165, 1.54) is 0 Å². The first kappa shape index (κ1) is 18.4. The number of hydrogen-bond donors (Lipinski definition) is 3. The van der Waals surface area contributed by atoms with Gasteiger partial charge in [0.05, 0.1) is 12.0 Å². The maximum absolute atomic E-state index is 12.4. The standard InChI is InChI=1S/C19H26N2O5/c1-2-15(13-5-8-16-17(11-13)26-10-9-25-16)21-19(24)20-14-6-3-12(4-7-14)18(22)23/h5,8,11-12,14-15H,2-4,6-7,9-10H2,1H3,(H,22,23)(H2,20,21,24). The fourth-order valence-corrected chi connectivity index (χ4v) is 3.57. The van der Waals surface area contributed by atoms with Gasteiger partial charge in [-0.2, -0.15) is 0 Å². The van der Waals surface area contributed by atoms with Crippen LogP contribution in [0, 0.1) is 5.92 Å². The van der Waals surface area contributed by atoms with Crippen molar-refractivity contribution in [2.45, 2.75) is 51.1 Å². The smallest absolute Gasteiger partial charge is 0.315 e. The Balaban J connectivity index is 1.55. The number of urea groups is 1. The first-order valence-electron chi connectivity index (χ1n) is 9.26. The van der Waals surface area contributed by atoms with Gasteiger partial charge in [0.25, 0.3) is 0 Å². The number of aliphatic carboxylic acids is 1. The molecule has 0 aromatic heterocycles. The first-order chi connectivity index (χ1) is 12.6. The highest BCUT2D eigenvalue weighted by molar-refractivity contribution is 5.75.